The minimum Gasteiger partial charge on any atom is -0.271 e. The highest BCUT2D eigenvalue weighted by molar-refractivity contribution is 4.90. The van der Waals surface area contributed by atoms with Crippen LogP contribution in [0.1, 0.15) is 65.2 Å². The Labute approximate surface area is 100 Å². The molecule has 16 heavy (non-hydrogen) atoms. The Hall–Kier alpha value is -0.0800. The lowest BCUT2D eigenvalue weighted by Gasteiger charge is -2.43. The third kappa shape index (κ3) is 2.98. The van der Waals surface area contributed by atoms with Crippen LogP contribution in [0.3, 0.4) is 0 Å². The summed E-state index contributed by atoms with van der Waals surface area (Å²) in [6.45, 7) is 4.86. The van der Waals surface area contributed by atoms with Crippen LogP contribution in [0.25, 0.3) is 0 Å². The molecule has 2 fully saturated rings. The highest BCUT2D eigenvalue weighted by Crippen LogP contribution is 2.44. The molecule has 0 saturated heterocycles. The van der Waals surface area contributed by atoms with Crippen molar-refractivity contribution in [2.24, 2.45) is 23.1 Å². The largest absolute Gasteiger partial charge is 0.271 e. The summed E-state index contributed by atoms with van der Waals surface area (Å²) in [5, 5.41) is 0. The molecule has 0 spiro atoms. The van der Waals surface area contributed by atoms with Crippen LogP contribution in [0.4, 0.5) is 0 Å². The molecule has 2 heteroatoms. The fourth-order valence-corrected chi connectivity index (χ4v) is 3.49. The van der Waals surface area contributed by atoms with Crippen molar-refractivity contribution in [1.29, 1.82) is 0 Å². The van der Waals surface area contributed by atoms with Gasteiger partial charge in [0.15, 0.2) is 0 Å². The molecular weight excluding hydrogens is 196 g/mol. The topological polar surface area (TPSA) is 38.0 Å². The maximum absolute atomic E-state index is 5.78. The first-order valence-corrected chi connectivity index (χ1v) is 7.09. The van der Waals surface area contributed by atoms with E-state index in [-0.39, 0.29) is 0 Å². The van der Waals surface area contributed by atoms with E-state index in [0.29, 0.717) is 11.5 Å². The molecule has 2 unspecified atom stereocenters. The average molecular weight is 224 g/mol. The number of nitrogens with two attached hydrogens (primary N) is 1. The van der Waals surface area contributed by atoms with Gasteiger partial charge in [0, 0.05) is 6.04 Å². The quantitative estimate of drug-likeness (QED) is 0.556. The summed E-state index contributed by atoms with van der Waals surface area (Å²) in [4.78, 5) is 0. The Kier molecular flexibility index (Phi) is 3.91. The second-order valence-corrected chi connectivity index (χ2v) is 6.63. The molecule has 2 rings (SSSR count). The molecule has 0 heterocycles. The van der Waals surface area contributed by atoms with Gasteiger partial charge in [-0.3, -0.25) is 11.3 Å². The van der Waals surface area contributed by atoms with Gasteiger partial charge in [0.1, 0.15) is 0 Å². The van der Waals surface area contributed by atoms with Crippen LogP contribution in [0.2, 0.25) is 0 Å². The Balaban J connectivity index is 1.89. The van der Waals surface area contributed by atoms with Crippen molar-refractivity contribution in [3.63, 3.8) is 0 Å². The molecule has 2 aliphatic rings. The molecule has 0 amide bonds. The molecule has 0 aromatic heterocycles. The van der Waals surface area contributed by atoms with Gasteiger partial charge in [-0.2, -0.15) is 0 Å². The molecule has 0 bridgehead atoms. The Morgan fingerprint density at radius 3 is 2.56 bits per heavy atom. The van der Waals surface area contributed by atoms with Gasteiger partial charge in [-0.1, -0.05) is 39.5 Å². The van der Waals surface area contributed by atoms with Crippen molar-refractivity contribution in [2.75, 3.05) is 0 Å². The minimum absolute atomic E-state index is 0.485. The lowest BCUT2D eigenvalue weighted by Crippen LogP contribution is -2.47. The van der Waals surface area contributed by atoms with Crippen LogP contribution < -0.4 is 11.3 Å². The molecule has 2 atom stereocenters. The van der Waals surface area contributed by atoms with Crippen molar-refractivity contribution in [1.82, 2.24) is 5.43 Å². The van der Waals surface area contributed by atoms with Gasteiger partial charge >= 0.3 is 0 Å². The van der Waals surface area contributed by atoms with Crippen LogP contribution >= 0.6 is 0 Å². The lowest BCUT2D eigenvalue weighted by molar-refractivity contribution is 0.0932. The molecule has 0 radical (unpaired) electrons. The van der Waals surface area contributed by atoms with E-state index in [0.717, 1.165) is 11.8 Å². The summed E-state index contributed by atoms with van der Waals surface area (Å²) in [5.74, 6) is 7.59. The number of hydrogen-bond acceptors (Lipinski definition) is 2. The van der Waals surface area contributed by atoms with Crippen molar-refractivity contribution in [2.45, 2.75) is 71.3 Å². The van der Waals surface area contributed by atoms with Crippen LogP contribution in [0, 0.1) is 17.3 Å². The zero-order valence-electron chi connectivity index (χ0n) is 11.0. The van der Waals surface area contributed by atoms with Crippen LogP contribution in [0.15, 0.2) is 0 Å². The summed E-state index contributed by atoms with van der Waals surface area (Å²) in [6.07, 6.45) is 11.2. The smallest absolute Gasteiger partial charge is 0.0243 e. The van der Waals surface area contributed by atoms with E-state index in [1.807, 2.05) is 0 Å². The first-order chi connectivity index (χ1) is 7.63. The number of nitrogens with one attached hydrogen (secondary N) is 1. The Bertz CT molecular complexity index is 221. The third-order valence-electron chi connectivity index (χ3n) is 4.87. The maximum atomic E-state index is 5.78. The lowest BCUT2D eigenvalue weighted by atomic mass is 9.65. The van der Waals surface area contributed by atoms with Crippen molar-refractivity contribution >= 4 is 0 Å². The van der Waals surface area contributed by atoms with Crippen LogP contribution in [-0.2, 0) is 0 Å². The van der Waals surface area contributed by atoms with E-state index in [1.54, 1.807) is 0 Å². The fourth-order valence-electron chi connectivity index (χ4n) is 3.49. The van der Waals surface area contributed by atoms with Crippen molar-refractivity contribution in [3.05, 3.63) is 0 Å². The Morgan fingerprint density at radius 1 is 1.25 bits per heavy atom. The zero-order chi connectivity index (χ0) is 11.6. The second-order valence-electron chi connectivity index (χ2n) is 6.63. The van der Waals surface area contributed by atoms with Gasteiger partial charge in [-0.05, 0) is 42.9 Å². The van der Waals surface area contributed by atoms with Crippen LogP contribution in [-0.4, -0.2) is 6.04 Å². The van der Waals surface area contributed by atoms with E-state index in [4.69, 9.17) is 5.84 Å². The standard InChI is InChI=1S/C14H28N2/c1-14(2)10-4-3-5-12(14)13(16-15)9-8-11-6-7-11/h11-13,16H,3-10,15H2,1-2H3. The fraction of sp³-hybridized carbons (Fsp3) is 1.00. The number of hydrogen-bond donors (Lipinski definition) is 2. The monoisotopic (exact) mass is 224 g/mol. The zero-order valence-corrected chi connectivity index (χ0v) is 11.0. The highest BCUT2D eigenvalue weighted by Gasteiger charge is 2.37. The van der Waals surface area contributed by atoms with Gasteiger partial charge in [0.25, 0.3) is 0 Å². The van der Waals surface area contributed by atoms with E-state index < -0.39 is 0 Å². The predicted octanol–water partition coefficient (Wildman–Crippen LogP) is 3.22. The van der Waals surface area contributed by atoms with E-state index in [1.165, 1.54) is 51.4 Å². The molecule has 0 aromatic rings. The number of hydrazine groups is 1. The molecule has 2 nitrogen and oxygen atoms in total. The third-order valence-corrected chi connectivity index (χ3v) is 4.87. The summed E-state index contributed by atoms with van der Waals surface area (Å²) in [6, 6.07) is 0.552. The normalized spacial score (nSPS) is 31.3. The number of rotatable bonds is 5. The van der Waals surface area contributed by atoms with Gasteiger partial charge in [-0.25, -0.2) is 0 Å². The van der Waals surface area contributed by atoms with Gasteiger partial charge < -0.3 is 0 Å². The van der Waals surface area contributed by atoms with E-state index >= 15 is 0 Å². The van der Waals surface area contributed by atoms with E-state index in [9.17, 15) is 0 Å². The molecule has 0 aromatic carbocycles. The first kappa shape index (κ1) is 12.4. The summed E-state index contributed by atoms with van der Waals surface area (Å²) >= 11 is 0. The molecule has 94 valence electrons. The molecule has 2 saturated carbocycles. The maximum Gasteiger partial charge on any atom is 0.0243 e. The summed E-state index contributed by atoms with van der Waals surface area (Å²) in [7, 11) is 0. The molecular formula is C14H28N2. The minimum atomic E-state index is 0.485. The van der Waals surface area contributed by atoms with Gasteiger partial charge in [0.05, 0.1) is 0 Å². The van der Waals surface area contributed by atoms with Crippen LogP contribution in [0.5, 0.6) is 0 Å². The molecule has 0 aliphatic heterocycles. The Morgan fingerprint density at radius 2 is 2.00 bits per heavy atom. The second kappa shape index (κ2) is 5.05. The summed E-state index contributed by atoms with van der Waals surface area (Å²) in [5.41, 5.74) is 3.60. The molecule has 3 N–H and O–H groups in total. The average Bonchev–Trinajstić information content (AvgIpc) is 3.04. The van der Waals surface area contributed by atoms with Gasteiger partial charge in [0.2, 0.25) is 0 Å². The van der Waals surface area contributed by atoms with Crippen molar-refractivity contribution < 1.29 is 0 Å². The SMILES string of the molecule is CC1(C)CCCCC1C(CCC1CC1)NN. The summed E-state index contributed by atoms with van der Waals surface area (Å²) < 4.78 is 0. The van der Waals surface area contributed by atoms with Crippen molar-refractivity contribution in [3.8, 4) is 0 Å². The predicted molar refractivity (Wildman–Crippen MR) is 68.8 cm³/mol. The van der Waals surface area contributed by atoms with Gasteiger partial charge in [-0.15, -0.1) is 0 Å². The highest BCUT2D eigenvalue weighted by atomic mass is 15.2. The first-order valence-electron chi connectivity index (χ1n) is 7.09. The van der Waals surface area contributed by atoms with E-state index in [2.05, 4.69) is 19.3 Å². The molecule has 2 aliphatic carbocycles.